The highest BCUT2D eigenvalue weighted by Crippen LogP contribution is 2.17. The molecule has 0 spiro atoms. The van der Waals surface area contributed by atoms with Crippen LogP contribution in [0.3, 0.4) is 0 Å². The van der Waals surface area contributed by atoms with Gasteiger partial charge in [-0.2, -0.15) is 0 Å². The molecule has 0 aliphatic heterocycles. The van der Waals surface area contributed by atoms with Crippen molar-refractivity contribution in [1.82, 2.24) is 14.8 Å². The number of carboxylic acid groups (broad SMARTS) is 1. The Bertz CT molecular complexity index is 478. The van der Waals surface area contributed by atoms with E-state index in [2.05, 4.69) is 53.5 Å². The van der Waals surface area contributed by atoms with E-state index >= 15 is 0 Å². The van der Waals surface area contributed by atoms with E-state index in [0.29, 0.717) is 6.54 Å². The molecule has 124 valence electrons. The number of rotatable bonds is 8. The normalized spacial score (nSPS) is 12.7. The zero-order chi connectivity index (χ0) is 16.7. The van der Waals surface area contributed by atoms with Crippen LogP contribution in [0, 0.1) is 5.92 Å². The van der Waals surface area contributed by atoms with Crippen LogP contribution >= 0.6 is 15.9 Å². The molecule has 0 bridgehead atoms. The van der Waals surface area contributed by atoms with Crippen molar-refractivity contribution in [2.75, 3.05) is 19.6 Å². The lowest BCUT2D eigenvalue weighted by atomic mass is 10.0. The molecule has 0 aliphatic rings. The standard InChI is InChI=1S/C16H26BrN3O2/c1-5-19(6-2)11-14(12(3)4)20(16(21)22)10-13-8-7-9-15(17)18-13/h7-9,12,14H,5-6,10-11H2,1-4H3,(H,21,22). The van der Waals surface area contributed by atoms with E-state index < -0.39 is 6.09 Å². The summed E-state index contributed by atoms with van der Waals surface area (Å²) in [7, 11) is 0. The van der Waals surface area contributed by atoms with Gasteiger partial charge in [0.2, 0.25) is 0 Å². The highest BCUT2D eigenvalue weighted by molar-refractivity contribution is 9.10. The van der Waals surface area contributed by atoms with Gasteiger partial charge in [0.25, 0.3) is 0 Å². The third kappa shape index (κ3) is 5.57. The molecule has 1 amide bonds. The average molecular weight is 372 g/mol. The van der Waals surface area contributed by atoms with Gasteiger partial charge < -0.3 is 10.0 Å². The van der Waals surface area contributed by atoms with Crippen molar-refractivity contribution in [2.45, 2.75) is 40.3 Å². The van der Waals surface area contributed by atoms with Gasteiger partial charge in [0, 0.05) is 6.54 Å². The Hall–Kier alpha value is -1.14. The Balaban J connectivity index is 2.96. The van der Waals surface area contributed by atoms with Crippen molar-refractivity contribution in [3.05, 3.63) is 28.5 Å². The minimum absolute atomic E-state index is 0.0572. The van der Waals surface area contributed by atoms with E-state index in [0.717, 1.165) is 29.9 Å². The second kappa shape index (κ2) is 9.10. The number of hydrogen-bond donors (Lipinski definition) is 1. The smallest absolute Gasteiger partial charge is 0.407 e. The Morgan fingerprint density at radius 3 is 2.41 bits per heavy atom. The number of carbonyl (C=O) groups is 1. The maximum Gasteiger partial charge on any atom is 0.407 e. The first kappa shape index (κ1) is 18.9. The lowest BCUT2D eigenvalue weighted by Gasteiger charge is -2.35. The van der Waals surface area contributed by atoms with E-state index in [9.17, 15) is 9.90 Å². The van der Waals surface area contributed by atoms with E-state index in [-0.39, 0.29) is 12.0 Å². The summed E-state index contributed by atoms with van der Waals surface area (Å²) in [6.45, 7) is 11.2. The molecule has 1 rings (SSSR count). The molecule has 1 N–H and O–H groups in total. The Kier molecular flexibility index (Phi) is 7.82. The molecule has 0 saturated heterocycles. The molecule has 1 unspecified atom stereocenters. The molecule has 0 aromatic carbocycles. The van der Waals surface area contributed by atoms with Crippen LogP contribution < -0.4 is 0 Å². The Morgan fingerprint density at radius 1 is 1.32 bits per heavy atom. The molecule has 0 fully saturated rings. The average Bonchev–Trinajstić information content (AvgIpc) is 2.46. The third-order valence-electron chi connectivity index (χ3n) is 3.86. The van der Waals surface area contributed by atoms with E-state index in [1.807, 2.05) is 18.2 Å². The van der Waals surface area contributed by atoms with E-state index in [1.54, 1.807) is 0 Å². The first-order valence-electron chi connectivity index (χ1n) is 7.72. The molecule has 1 aromatic rings. The summed E-state index contributed by atoms with van der Waals surface area (Å²) in [5, 5.41) is 9.65. The number of amides is 1. The van der Waals surface area contributed by atoms with Crippen LogP contribution in [0.1, 0.15) is 33.4 Å². The van der Waals surface area contributed by atoms with Crippen LogP contribution in [0.4, 0.5) is 4.79 Å². The number of likely N-dealkylation sites (N-methyl/N-ethyl adjacent to an activating group) is 1. The summed E-state index contributed by atoms with van der Waals surface area (Å²) < 4.78 is 0.722. The monoisotopic (exact) mass is 371 g/mol. The second-order valence-electron chi connectivity index (χ2n) is 5.66. The van der Waals surface area contributed by atoms with Crippen LogP contribution in [-0.4, -0.2) is 51.7 Å². The SMILES string of the molecule is CCN(CC)CC(C(C)C)N(Cc1cccc(Br)n1)C(=O)O. The third-order valence-corrected chi connectivity index (χ3v) is 4.30. The highest BCUT2D eigenvalue weighted by Gasteiger charge is 2.28. The fraction of sp³-hybridized carbons (Fsp3) is 0.625. The van der Waals surface area contributed by atoms with Crippen LogP contribution in [0.15, 0.2) is 22.8 Å². The predicted octanol–water partition coefficient (Wildman–Crippen LogP) is 3.69. The molecule has 5 nitrogen and oxygen atoms in total. The molecule has 0 saturated carbocycles. The summed E-state index contributed by atoms with van der Waals surface area (Å²) in [6, 6.07) is 5.51. The van der Waals surface area contributed by atoms with Crippen LogP contribution in [0.5, 0.6) is 0 Å². The van der Waals surface area contributed by atoms with Gasteiger partial charge in [-0.25, -0.2) is 9.78 Å². The van der Waals surface area contributed by atoms with Gasteiger partial charge in [-0.05, 0) is 47.1 Å². The van der Waals surface area contributed by atoms with Crippen LogP contribution in [-0.2, 0) is 6.54 Å². The minimum atomic E-state index is -0.896. The van der Waals surface area contributed by atoms with Crippen molar-refractivity contribution < 1.29 is 9.90 Å². The van der Waals surface area contributed by atoms with Gasteiger partial charge in [0.1, 0.15) is 4.60 Å². The largest absolute Gasteiger partial charge is 0.465 e. The van der Waals surface area contributed by atoms with Crippen molar-refractivity contribution in [2.24, 2.45) is 5.92 Å². The van der Waals surface area contributed by atoms with Crippen LogP contribution in [0.2, 0.25) is 0 Å². The maximum absolute atomic E-state index is 11.8. The fourth-order valence-corrected chi connectivity index (χ4v) is 2.84. The molecule has 0 aliphatic carbocycles. The van der Waals surface area contributed by atoms with Gasteiger partial charge in [-0.3, -0.25) is 4.90 Å². The minimum Gasteiger partial charge on any atom is -0.465 e. The van der Waals surface area contributed by atoms with Gasteiger partial charge in [-0.1, -0.05) is 33.8 Å². The lowest BCUT2D eigenvalue weighted by molar-refractivity contribution is 0.0850. The van der Waals surface area contributed by atoms with Gasteiger partial charge >= 0.3 is 6.09 Å². The van der Waals surface area contributed by atoms with Crippen molar-refractivity contribution >= 4 is 22.0 Å². The number of halogens is 1. The summed E-state index contributed by atoms with van der Waals surface area (Å²) in [6.07, 6.45) is -0.896. The topological polar surface area (TPSA) is 56.7 Å². The zero-order valence-corrected chi connectivity index (χ0v) is 15.4. The summed E-state index contributed by atoms with van der Waals surface area (Å²) in [4.78, 5) is 19.9. The summed E-state index contributed by atoms with van der Waals surface area (Å²) in [5.41, 5.74) is 0.752. The van der Waals surface area contributed by atoms with E-state index in [4.69, 9.17) is 0 Å². The summed E-state index contributed by atoms with van der Waals surface area (Å²) in [5.74, 6) is 0.240. The van der Waals surface area contributed by atoms with Crippen molar-refractivity contribution in [1.29, 1.82) is 0 Å². The number of pyridine rings is 1. The Labute approximate surface area is 141 Å². The van der Waals surface area contributed by atoms with Crippen molar-refractivity contribution in [3.63, 3.8) is 0 Å². The predicted molar refractivity (Wildman–Crippen MR) is 91.9 cm³/mol. The van der Waals surface area contributed by atoms with Gasteiger partial charge in [0.15, 0.2) is 0 Å². The van der Waals surface area contributed by atoms with E-state index in [1.165, 1.54) is 4.90 Å². The van der Waals surface area contributed by atoms with Crippen LogP contribution in [0.25, 0.3) is 0 Å². The molecule has 6 heteroatoms. The Morgan fingerprint density at radius 2 is 1.95 bits per heavy atom. The maximum atomic E-state index is 11.8. The number of aromatic nitrogens is 1. The first-order valence-corrected chi connectivity index (χ1v) is 8.51. The molecular formula is C16H26BrN3O2. The second-order valence-corrected chi connectivity index (χ2v) is 6.47. The number of hydrogen-bond acceptors (Lipinski definition) is 3. The molecule has 22 heavy (non-hydrogen) atoms. The fourth-order valence-electron chi connectivity index (χ4n) is 2.46. The first-order chi connectivity index (χ1) is 10.4. The van der Waals surface area contributed by atoms with Gasteiger partial charge in [-0.15, -0.1) is 0 Å². The molecule has 0 radical (unpaired) electrons. The lowest BCUT2D eigenvalue weighted by Crippen LogP contribution is -2.49. The molecule has 1 atom stereocenters. The molecule has 1 aromatic heterocycles. The van der Waals surface area contributed by atoms with Gasteiger partial charge in [0.05, 0.1) is 18.3 Å². The number of nitrogens with zero attached hydrogens (tertiary/aromatic N) is 3. The molecular weight excluding hydrogens is 346 g/mol. The molecule has 1 heterocycles. The zero-order valence-electron chi connectivity index (χ0n) is 13.8. The highest BCUT2D eigenvalue weighted by atomic mass is 79.9. The van der Waals surface area contributed by atoms with Crippen molar-refractivity contribution in [3.8, 4) is 0 Å². The quantitative estimate of drug-likeness (QED) is 0.707. The summed E-state index contributed by atoms with van der Waals surface area (Å²) >= 11 is 3.33.